The maximum Gasteiger partial charge on any atom is 1.00 e. The van der Waals surface area contributed by atoms with Gasteiger partial charge < -0.3 is 0 Å². The van der Waals surface area contributed by atoms with Crippen LogP contribution in [0.15, 0.2) is 59.2 Å². The number of hydrogen-bond acceptors (Lipinski definition) is 0. The van der Waals surface area contributed by atoms with Gasteiger partial charge in [-0.05, 0) is 31.2 Å². The van der Waals surface area contributed by atoms with Gasteiger partial charge in [0.25, 0.3) is 0 Å². The number of allylic oxidation sites excluding steroid dienone is 8. The Morgan fingerprint density at radius 1 is 1.10 bits per heavy atom. The summed E-state index contributed by atoms with van der Waals surface area (Å²) >= 11 is 0. The first-order valence-electron chi connectivity index (χ1n) is 7.36. The van der Waals surface area contributed by atoms with Crippen LogP contribution in [0.2, 0.25) is 0 Å². The Morgan fingerprint density at radius 2 is 1.76 bits per heavy atom. The monoisotopic (exact) mass is 268 g/mol. The number of benzene rings is 1. The number of fused-ring (bicyclic) bond motifs is 1. The molecule has 1 atom stereocenters. The molecule has 2 aliphatic carbocycles. The van der Waals surface area contributed by atoms with E-state index >= 15 is 0 Å². The molecule has 0 amide bonds. The number of aryl methyl sites for hydroxylation is 2. The summed E-state index contributed by atoms with van der Waals surface area (Å²) in [5.74, 6) is 0. The van der Waals surface area contributed by atoms with Crippen LogP contribution in [0.4, 0.5) is 0 Å². The number of hydrogen-bond donors (Lipinski definition) is 0. The van der Waals surface area contributed by atoms with Crippen LogP contribution in [0.25, 0.3) is 0 Å². The SMILES string of the molecule is CCC1=[C-]C2=CC=CC(C)(c3cc(C)cc(C)c3)C2=C1.[Li+]. The fourth-order valence-corrected chi connectivity index (χ4v) is 3.23. The topological polar surface area (TPSA) is 0 Å². The predicted octanol–water partition coefficient (Wildman–Crippen LogP) is 2.14. The summed E-state index contributed by atoms with van der Waals surface area (Å²) in [4.78, 5) is 0. The van der Waals surface area contributed by atoms with Gasteiger partial charge in [0.05, 0.1) is 0 Å². The molecule has 0 spiro atoms. The smallest absolute Gasteiger partial charge is 0.168 e. The van der Waals surface area contributed by atoms with Crippen molar-refractivity contribution in [1.29, 1.82) is 0 Å². The van der Waals surface area contributed by atoms with Gasteiger partial charge in [-0.1, -0.05) is 49.2 Å². The standard InChI is InChI=1S/C20H21.Li/c1-5-16-12-17-7-6-8-20(4,19(17)13-16)18-10-14(2)9-15(3)11-18;/h6-11,13H,5H2,1-4H3;/q-1;+1. The van der Waals surface area contributed by atoms with E-state index in [4.69, 9.17) is 0 Å². The Kier molecular flexibility index (Phi) is 4.52. The van der Waals surface area contributed by atoms with Crippen LogP contribution < -0.4 is 18.9 Å². The molecule has 3 rings (SSSR count). The van der Waals surface area contributed by atoms with Crippen molar-refractivity contribution in [3.8, 4) is 0 Å². The molecule has 0 fully saturated rings. The van der Waals surface area contributed by atoms with Crippen LogP contribution >= 0.6 is 0 Å². The Balaban J connectivity index is 0.00000161. The number of rotatable bonds is 2. The van der Waals surface area contributed by atoms with Gasteiger partial charge in [-0.15, -0.1) is 29.4 Å². The van der Waals surface area contributed by atoms with E-state index in [0.29, 0.717) is 0 Å². The van der Waals surface area contributed by atoms with E-state index in [1.165, 1.54) is 33.4 Å². The predicted molar refractivity (Wildman–Crippen MR) is 85.6 cm³/mol. The summed E-state index contributed by atoms with van der Waals surface area (Å²) in [5.41, 5.74) is 7.96. The Hall–Kier alpha value is -1.22. The average molecular weight is 268 g/mol. The fourth-order valence-electron chi connectivity index (χ4n) is 3.23. The molecule has 0 aliphatic heterocycles. The van der Waals surface area contributed by atoms with Crippen molar-refractivity contribution >= 4 is 0 Å². The van der Waals surface area contributed by atoms with E-state index in [1.807, 2.05) is 0 Å². The first-order valence-corrected chi connectivity index (χ1v) is 7.36. The van der Waals surface area contributed by atoms with Gasteiger partial charge in [0, 0.05) is 0 Å². The van der Waals surface area contributed by atoms with Crippen LogP contribution in [-0.4, -0.2) is 0 Å². The van der Waals surface area contributed by atoms with Crippen LogP contribution in [0.3, 0.4) is 0 Å². The second-order valence-corrected chi connectivity index (χ2v) is 6.08. The van der Waals surface area contributed by atoms with Crippen molar-refractivity contribution < 1.29 is 18.9 Å². The zero-order valence-electron chi connectivity index (χ0n) is 13.7. The van der Waals surface area contributed by atoms with E-state index in [-0.39, 0.29) is 24.3 Å². The van der Waals surface area contributed by atoms with Crippen molar-refractivity contribution in [1.82, 2.24) is 0 Å². The average Bonchev–Trinajstić information content (AvgIpc) is 2.82. The summed E-state index contributed by atoms with van der Waals surface area (Å²) in [6, 6.07) is 6.86. The van der Waals surface area contributed by atoms with Crippen LogP contribution in [-0.2, 0) is 5.41 Å². The summed E-state index contributed by atoms with van der Waals surface area (Å²) in [6.45, 7) is 8.86. The Morgan fingerprint density at radius 3 is 2.38 bits per heavy atom. The van der Waals surface area contributed by atoms with E-state index in [2.05, 4.69) is 76.3 Å². The van der Waals surface area contributed by atoms with Crippen LogP contribution in [0.5, 0.6) is 0 Å². The van der Waals surface area contributed by atoms with Crippen molar-refractivity contribution in [3.63, 3.8) is 0 Å². The van der Waals surface area contributed by atoms with Crippen molar-refractivity contribution in [2.24, 2.45) is 0 Å². The van der Waals surface area contributed by atoms with Gasteiger partial charge >= 0.3 is 18.9 Å². The molecule has 0 radical (unpaired) electrons. The van der Waals surface area contributed by atoms with Gasteiger partial charge in [0.15, 0.2) is 0 Å². The molecule has 1 unspecified atom stereocenters. The molecule has 1 aromatic carbocycles. The van der Waals surface area contributed by atoms with E-state index in [9.17, 15) is 0 Å². The minimum Gasteiger partial charge on any atom is -0.168 e. The molecule has 0 saturated heterocycles. The molecule has 0 saturated carbocycles. The normalized spacial score (nSPS) is 23.0. The molecule has 0 bridgehead atoms. The summed E-state index contributed by atoms with van der Waals surface area (Å²) in [7, 11) is 0. The molecule has 0 nitrogen and oxygen atoms in total. The fraction of sp³-hybridized carbons (Fsp3) is 0.300. The molecule has 0 N–H and O–H groups in total. The molecule has 0 aromatic heterocycles. The maximum atomic E-state index is 3.53. The second-order valence-electron chi connectivity index (χ2n) is 6.08. The zero-order chi connectivity index (χ0) is 14.3. The van der Waals surface area contributed by atoms with Crippen LogP contribution in [0.1, 0.15) is 37.0 Å². The van der Waals surface area contributed by atoms with E-state index < -0.39 is 0 Å². The molecule has 0 heterocycles. The molecule has 21 heavy (non-hydrogen) atoms. The molecular weight excluding hydrogens is 247 g/mol. The maximum absolute atomic E-state index is 3.53. The van der Waals surface area contributed by atoms with Gasteiger partial charge in [0.1, 0.15) is 0 Å². The largest absolute Gasteiger partial charge is 1.00 e. The molecule has 2 aliphatic rings. The molecular formula is C20H21Li. The van der Waals surface area contributed by atoms with Crippen molar-refractivity contribution in [3.05, 3.63) is 82.0 Å². The Bertz CT molecular complexity index is 666. The van der Waals surface area contributed by atoms with Crippen molar-refractivity contribution in [2.75, 3.05) is 0 Å². The molecule has 1 aromatic rings. The van der Waals surface area contributed by atoms with Gasteiger partial charge in [-0.25, -0.2) is 0 Å². The summed E-state index contributed by atoms with van der Waals surface area (Å²) in [6.07, 6.45) is 13.6. The zero-order valence-corrected chi connectivity index (χ0v) is 13.7. The van der Waals surface area contributed by atoms with Crippen molar-refractivity contribution in [2.45, 2.75) is 39.5 Å². The molecule has 1 heteroatoms. The first kappa shape index (κ1) is 16.2. The third-order valence-corrected chi connectivity index (χ3v) is 4.36. The summed E-state index contributed by atoms with van der Waals surface area (Å²) in [5, 5.41) is 0. The van der Waals surface area contributed by atoms with Gasteiger partial charge in [0.2, 0.25) is 0 Å². The first-order chi connectivity index (χ1) is 9.53. The summed E-state index contributed by atoms with van der Waals surface area (Å²) < 4.78 is 0. The third-order valence-electron chi connectivity index (χ3n) is 4.36. The quantitative estimate of drug-likeness (QED) is 0.569. The minimum absolute atomic E-state index is 0. The third kappa shape index (κ3) is 2.76. The van der Waals surface area contributed by atoms with Crippen LogP contribution in [0, 0.1) is 19.9 Å². The molecule has 102 valence electrons. The van der Waals surface area contributed by atoms with Gasteiger partial charge in [-0.2, -0.15) is 11.6 Å². The Labute approximate surface area is 140 Å². The van der Waals surface area contributed by atoms with Gasteiger partial charge in [-0.3, -0.25) is 0 Å². The van der Waals surface area contributed by atoms with E-state index in [0.717, 1.165) is 6.42 Å². The second kappa shape index (κ2) is 5.88. The minimum atomic E-state index is -0.0369. The van der Waals surface area contributed by atoms with E-state index in [1.54, 1.807) is 0 Å².